The first-order chi connectivity index (χ1) is 9.87. The number of amides is 1. The van der Waals surface area contributed by atoms with E-state index in [1.807, 2.05) is 0 Å². The Morgan fingerprint density at radius 1 is 1.27 bits per heavy atom. The Morgan fingerprint density at radius 2 is 1.86 bits per heavy atom. The number of hydrogen-bond acceptors (Lipinski definition) is 3. The van der Waals surface area contributed by atoms with Gasteiger partial charge in [0, 0.05) is 23.1 Å². The SMILES string of the molecule is CC(C)(C)C(=O)C[C@@]1(O)C(=O)Nc2cccc(C(F)(F)F)c21. The number of aliphatic hydroxyl groups is 1. The first kappa shape index (κ1) is 16.5. The Bertz CT molecular complexity index is 646. The van der Waals surface area contributed by atoms with Crippen LogP contribution in [0.25, 0.3) is 0 Å². The normalized spacial score (nSPS) is 21.5. The van der Waals surface area contributed by atoms with Crippen LogP contribution >= 0.6 is 0 Å². The van der Waals surface area contributed by atoms with E-state index in [0.717, 1.165) is 12.1 Å². The number of anilines is 1. The molecule has 1 aliphatic heterocycles. The fourth-order valence-corrected chi connectivity index (χ4v) is 2.34. The summed E-state index contributed by atoms with van der Waals surface area (Å²) in [6, 6.07) is 3.19. The van der Waals surface area contributed by atoms with Gasteiger partial charge >= 0.3 is 6.18 Å². The van der Waals surface area contributed by atoms with Crippen LogP contribution in [-0.2, 0) is 21.4 Å². The van der Waals surface area contributed by atoms with E-state index in [0.29, 0.717) is 0 Å². The van der Waals surface area contributed by atoms with E-state index in [4.69, 9.17) is 0 Å². The van der Waals surface area contributed by atoms with Crippen molar-refractivity contribution in [3.63, 3.8) is 0 Å². The molecule has 1 atom stereocenters. The Kier molecular flexibility index (Phi) is 3.60. The summed E-state index contributed by atoms with van der Waals surface area (Å²) in [6.45, 7) is 4.71. The van der Waals surface area contributed by atoms with Crippen molar-refractivity contribution < 1.29 is 27.9 Å². The fourth-order valence-electron chi connectivity index (χ4n) is 2.34. The Morgan fingerprint density at radius 3 is 2.36 bits per heavy atom. The van der Waals surface area contributed by atoms with Gasteiger partial charge in [-0.15, -0.1) is 0 Å². The van der Waals surface area contributed by atoms with E-state index < -0.39 is 46.4 Å². The molecule has 0 aromatic heterocycles. The molecule has 1 aliphatic rings. The maximum absolute atomic E-state index is 13.1. The summed E-state index contributed by atoms with van der Waals surface area (Å²) in [5.41, 5.74) is -5.21. The average molecular weight is 315 g/mol. The Hall–Kier alpha value is -1.89. The number of nitrogens with one attached hydrogen (secondary N) is 1. The van der Waals surface area contributed by atoms with Gasteiger partial charge in [-0.05, 0) is 12.1 Å². The molecular weight excluding hydrogens is 299 g/mol. The molecule has 22 heavy (non-hydrogen) atoms. The minimum atomic E-state index is -4.74. The maximum atomic E-state index is 13.1. The van der Waals surface area contributed by atoms with Gasteiger partial charge in [-0.2, -0.15) is 13.2 Å². The molecule has 2 rings (SSSR count). The van der Waals surface area contributed by atoms with Crippen molar-refractivity contribution in [2.75, 3.05) is 5.32 Å². The van der Waals surface area contributed by atoms with E-state index in [9.17, 15) is 27.9 Å². The van der Waals surface area contributed by atoms with Gasteiger partial charge in [-0.25, -0.2) is 0 Å². The first-order valence-electron chi connectivity index (χ1n) is 6.65. The van der Waals surface area contributed by atoms with Crippen LogP contribution in [-0.4, -0.2) is 16.8 Å². The van der Waals surface area contributed by atoms with Gasteiger partial charge in [-0.1, -0.05) is 26.8 Å². The lowest BCUT2D eigenvalue weighted by Crippen LogP contribution is -2.40. The van der Waals surface area contributed by atoms with Crippen LogP contribution in [0.2, 0.25) is 0 Å². The molecular formula is C15H16F3NO3. The number of ketones is 1. The van der Waals surface area contributed by atoms with Gasteiger partial charge in [0.1, 0.15) is 5.78 Å². The number of hydrogen-bond donors (Lipinski definition) is 2. The predicted octanol–water partition coefficient (Wildman–Crippen LogP) is 2.85. The summed E-state index contributed by atoms with van der Waals surface area (Å²) in [5, 5.41) is 12.8. The molecule has 2 N–H and O–H groups in total. The third kappa shape index (κ3) is 2.61. The van der Waals surface area contributed by atoms with Gasteiger partial charge in [0.2, 0.25) is 0 Å². The minimum Gasteiger partial charge on any atom is -0.375 e. The lowest BCUT2D eigenvalue weighted by Gasteiger charge is -2.26. The largest absolute Gasteiger partial charge is 0.416 e. The van der Waals surface area contributed by atoms with Crippen molar-refractivity contribution in [2.24, 2.45) is 5.41 Å². The van der Waals surface area contributed by atoms with E-state index >= 15 is 0 Å². The highest BCUT2D eigenvalue weighted by molar-refractivity contribution is 6.08. The predicted molar refractivity (Wildman–Crippen MR) is 73.0 cm³/mol. The molecule has 0 fully saturated rings. The quantitative estimate of drug-likeness (QED) is 0.882. The molecule has 0 saturated carbocycles. The van der Waals surface area contributed by atoms with Crippen LogP contribution in [0, 0.1) is 5.41 Å². The lowest BCUT2D eigenvalue weighted by molar-refractivity contribution is -0.148. The van der Waals surface area contributed by atoms with Crippen molar-refractivity contribution in [1.82, 2.24) is 0 Å². The number of benzene rings is 1. The smallest absolute Gasteiger partial charge is 0.375 e. The van der Waals surface area contributed by atoms with E-state index in [1.165, 1.54) is 6.07 Å². The number of fused-ring (bicyclic) bond motifs is 1. The van der Waals surface area contributed by atoms with Crippen molar-refractivity contribution in [3.8, 4) is 0 Å². The molecule has 0 spiro atoms. The molecule has 0 radical (unpaired) electrons. The third-order valence-electron chi connectivity index (χ3n) is 3.66. The molecule has 0 unspecified atom stereocenters. The summed E-state index contributed by atoms with van der Waals surface area (Å²) in [5.74, 6) is -1.52. The van der Waals surface area contributed by atoms with Gasteiger partial charge in [0.15, 0.2) is 5.60 Å². The van der Waals surface area contributed by atoms with Crippen molar-refractivity contribution in [2.45, 2.75) is 39.0 Å². The summed E-state index contributed by atoms with van der Waals surface area (Å²) >= 11 is 0. The van der Waals surface area contributed by atoms with Crippen molar-refractivity contribution in [3.05, 3.63) is 29.3 Å². The minimum absolute atomic E-state index is 0.121. The number of carbonyl (C=O) groups excluding carboxylic acids is 2. The number of carbonyl (C=O) groups is 2. The second-order valence-electron chi connectivity index (χ2n) is 6.39. The topological polar surface area (TPSA) is 66.4 Å². The summed E-state index contributed by atoms with van der Waals surface area (Å²) in [7, 11) is 0. The monoisotopic (exact) mass is 315 g/mol. The van der Waals surface area contributed by atoms with Crippen LogP contribution < -0.4 is 5.32 Å². The Balaban J connectivity index is 2.58. The van der Waals surface area contributed by atoms with Gasteiger partial charge in [-0.3, -0.25) is 9.59 Å². The summed E-state index contributed by atoms with van der Waals surface area (Å²) in [6.07, 6.45) is -5.45. The number of rotatable bonds is 2. The molecule has 1 heterocycles. The van der Waals surface area contributed by atoms with Crippen LogP contribution in [0.1, 0.15) is 38.3 Å². The highest BCUT2D eigenvalue weighted by Crippen LogP contribution is 2.46. The zero-order valence-corrected chi connectivity index (χ0v) is 12.3. The second-order valence-corrected chi connectivity index (χ2v) is 6.39. The zero-order valence-electron chi connectivity index (χ0n) is 12.3. The number of Topliss-reactive ketones (excluding diaryl/α,β-unsaturated/α-hetero) is 1. The standard InChI is InChI=1S/C15H16F3NO3/c1-13(2,3)10(20)7-14(22)11-8(15(16,17)18)5-4-6-9(11)19-12(14)21/h4-6,22H,7H2,1-3H3,(H,19,21)/t14-/m0/s1. The molecule has 7 heteroatoms. The second kappa shape index (κ2) is 4.81. The van der Waals surface area contributed by atoms with E-state index in [2.05, 4.69) is 5.32 Å². The molecule has 4 nitrogen and oxygen atoms in total. The van der Waals surface area contributed by atoms with Crippen LogP contribution in [0.4, 0.5) is 18.9 Å². The molecule has 1 amide bonds. The average Bonchev–Trinajstić information content (AvgIpc) is 2.59. The van der Waals surface area contributed by atoms with Gasteiger partial charge in [0.25, 0.3) is 5.91 Å². The summed E-state index contributed by atoms with van der Waals surface area (Å²) < 4.78 is 39.4. The lowest BCUT2D eigenvalue weighted by atomic mass is 9.79. The number of alkyl halides is 3. The van der Waals surface area contributed by atoms with E-state index in [1.54, 1.807) is 20.8 Å². The van der Waals surface area contributed by atoms with Crippen LogP contribution in [0.15, 0.2) is 18.2 Å². The highest BCUT2D eigenvalue weighted by Gasteiger charge is 2.52. The van der Waals surface area contributed by atoms with Crippen molar-refractivity contribution >= 4 is 17.4 Å². The molecule has 0 aliphatic carbocycles. The zero-order chi connectivity index (χ0) is 16.9. The summed E-state index contributed by atoms with van der Waals surface area (Å²) in [4.78, 5) is 24.1. The molecule has 120 valence electrons. The first-order valence-corrected chi connectivity index (χ1v) is 6.65. The van der Waals surface area contributed by atoms with Gasteiger partial charge < -0.3 is 10.4 Å². The molecule has 0 saturated heterocycles. The van der Waals surface area contributed by atoms with Crippen LogP contribution in [0.3, 0.4) is 0 Å². The Labute approximate surface area is 125 Å². The molecule has 0 bridgehead atoms. The number of halogens is 3. The highest BCUT2D eigenvalue weighted by atomic mass is 19.4. The molecule has 1 aromatic rings. The maximum Gasteiger partial charge on any atom is 0.416 e. The third-order valence-corrected chi connectivity index (χ3v) is 3.66. The molecule has 1 aromatic carbocycles. The van der Waals surface area contributed by atoms with Crippen LogP contribution in [0.5, 0.6) is 0 Å². The van der Waals surface area contributed by atoms with E-state index in [-0.39, 0.29) is 5.69 Å². The van der Waals surface area contributed by atoms with Crippen molar-refractivity contribution in [1.29, 1.82) is 0 Å². The fraction of sp³-hybridized carbons (Fsp3) is 0.467. The van der Waals surface area contributed by atoms with Gasteiger partial charge in [0.05, 0.1) is 5.56 Å².